The second kappa shape index (κ2) is 6.48. The highest BCUT2D eigenvalue weighted by Gasteiger charge is 2.10. The molecule has 26 heavy (non-hydrogen) atoms. The van der Waals surface area contributed by atoms with Gasteiger partial charge >= 0.3 is 0 Å². The first-order valence-corrected chi connectivity index (χ1v) is 8.39. The van der Waals surface area contributed by atoms with Gasteiger partial charge in [0, 0.05) is 29.8 Å². The number of phenols is 1. The fourth-order valence-electron chi connectivity index (χ4n) is 3.19. The number of benzene rings is 2. The van der Waals surface area contributed by atoms with Crippen molar-refractivity contribution >= 4 is 34.0 Å². The van der Waals surface area contributed by atoms with E-state index in [9.17, 15) is 5.11 Å². The van der Waals surface area contributed by atoms with Gasteiger partial charge in [-0.1, -0.05) is 12.1 Å². The molecule has 0 aliphatic carbocycles. The molecule has 0 saturated heterocycles. The predicted molar refractivity (Wildman–Crippen MR) is 104 cm³/mol. The first-order chi connectivity index (χ1) is 12.7. The van der Waals surface area contributed by atoms with Gasteiger partial charge in [0.05, 0.1) is 12.5 Å². The van der Waals surface area contributed by atoms with Gasteiger partial charge in [-0.2, -0.15) is 4.57 Å². The van der Waals surface area contributed by atoms with Crippen molar-refractivity contribution in [2.75, 3.05) is 7.11 Å². The highest BCUT2D eigenvalue weighted by molar-refractivity contribution is 5.93. The molecule has 2 heterocycles. The number of aromatic nitrogens is 2. The number of para-hydroxylation sites is 1. The minimum atomic E-state index is 0.197. The Labute approximate surface area is 151 Å². The standard InChI is InChI=1S/C22H18N2O2/c1-24-17(9-7-16-14-18(26-2)10-11-20(16)24)8-6-15-12-13-23-22-19(15)4-3-5-21(22)25/h3-14H,1-2H3/p+1. The van der Waals surface area contributed by atoms with Crippen LogP contribution in [-0.4, -0.2) is 17.2 Å². The van der Waals surface area contributed by atoms with Gasteiger partial charge in [0.15, 0.2) is 0 Å². The van der Waals surface area contributed by atoms with Crippen LogP contribution in [0.25, 0.3) is 34.0 Å². The second-order valence-electron chi connectivity index (χ2n) is 6.15. The van der Waals surface area contributed by atoms with E-state index in [4.69, 9.17) is 4.74 Å². The van der Waals surface area contributed by atoms with Crippen molar-refractivity contribution < 1.29 is 14.4 Å². The number of aromatic hydroxyl groups is 1. The Bertz CT molecular complexity index is 1150. The fraction of sp³-hybridized carbons (Fsp3) is 0.0909. The minimum absolute atomic E-state index is 0.197. The Morgan fingerprint density at radius 3 is 2.77 bits per heavy atom. The normalized spacial score (nSPS) is 11.5. The summed E-state index contributed by atoms with van der Waals surface area (Å²) in [6.45, 7) is 0. The summed E-state index contributed by atoms with van der Waals surface area (Å²) in [5.41, 5.74) is 3.84. The molecule has 1 N–H and O–H groups in total. The van der Waals surface area contributed by atoms with Crippen molar-refractivity contribution in [1.29, 1.82) is 0 Å². The van der Waals surface area contributed by atoms with Gasteiger partial charge in [0.2, 0.25) is 11.2 Å². The minimum Gasteiger partial charge on any atom is -0.506 e. The third kappa shape index (κ3) is 2.75. The van der Waals surface area contributed by atoms with Crippen molar-refractivity contribution in [1.82, 2.24) is 4.98 Å². The summed E-state index contributed by atoms with van der Waals surface area (Å²) in [6.07, 6.45) is 5.84. The number of pyridine rings is 2. The van der Waals surface area contributed by atoms with Crippen molar-refractivity contribution in [2.45, 2.75) is 0 Å². The maximum Gasteiger partial charge on any atom is 0.212 e. The van der Waals surface area contributed by atoms with Crippen LogP contribution in [0.5, 0.6) is 11.5 Å². The molecule has 0 bridgehead atoms. The molecule has 0 saturated carbocycles. The number of methoxy groups -OCH3 is 1. The van der Waals surface area contributed by atoms with Crippen LogP contribution in [0.1, 0.15) is 11.3 Å². The molecule has 2 aromatic heterocycles. The molecule has 4 heteroatoms. The van der Waals surface area contributed by atoms with Crippen LogP contribution in [0.15, 0.2) is 60.8 Å². The van der Waals surface area contributed by atoms with Gasteiger partial charge in [-0.15, -0.1) is 0 Å². The Morgan fingerprint density at radius 2 is 1.92 bits per heavy atom. The molecule has 0 aliphatic heterocycles. The SMILES string of the molecule is COc1ccc2c(ccc(/C=C/c3ccnc4c(O)cccc34)[n+]2C)c1. The van der Waals surface area contributed by atoms with Gasteiger partial charge in [-0.25, -0.2) is 0 Å². The van der Waals surface area contributed by atoms with Crippen molar-refractivity contribution in [3.63, 3.8) is 0 Å². The van der Waals surface area contributed by atoms with Gasteiger partial charge in [0.25, 0.3) is 0 Å². The van der Waals surface area contributed by atoms with Crippen molar-refractivity contribution in [2.24, 2.45) is 7.05 Å². The predicted octanol–water partition coefficient (Wildman–Crippen LogP) is 4.10. The van der Waals surface area contributed by atoms with Crippen LogP contribution in [-0.2, 0) is 7.05 Å². The lowest BCUT2D eigenvalue weighted by molar-refractivity contribution is -0.646. The number of hydrogen-bond donors (Lipinski definition) is 1. The van der Waals surface area contributed by atoms with Crippen LogP contribution in [0.2, 0.25) is 0 Å². The first kappa shape index (κ1) is 16.1. The average Bonchev–Trinajstić information content (AvgIpc) is 2.67. The number of hydrogen-bond acceptors (Lipinski definition) is 3. The zero-order valence-electron chi connectivity index (χ0n) is 14.7. The summed E-state index contributed by atoms with van der Waals surface area (Å²) in [6, 6.07) is 17.6. The zero-order chi connectivity index (χ0) is 18.1. The van der Waals surface area contributed by atoms with Crippen LogP contribution < -0.4 is 9.30 Å². The van der Waals surface area contributed by atoms with Crippen molar-refractivity contribution in [3.05, 3.63) is 72.1 Å². The van der Waals surface area contributed by atoms with Crippen LogP contribution in [0, 0.1) is 0 Å². The van der Waals surface area contributed by atoms with E-state index in [1.54, 1.807) is 19.4 Å². The molecule has 4 aromatic rings. The molecule has 0 aliphatic rings. The van der Waals surface area contributed by atoms with Crippen molar-refractivity contribution in [3.8, 4) is 11.5 Å². The topological polar surface area (TPSA) is 46.2 Å². The molecule has 0 unspecified atom stereocenters. The highest BCUT2D eigenvalue weighted by Crippen LogP contribution is 2.26. The van der Waals surface area contributed by atoms with E-state index in [-0.39, 0.29) is 5.75 Å². The number of nitrogens with zero attached hydrogens (tertiary/aromatic N) is 2. The molecule has 0 amide bonds. The Kier molecular flexibility index (Phi) is 4.01. The summed E-state index contributed by atoms with van der Waals surface area (Å²) >= 11 is 0. The monoisotopic (exact) mass is 343 g/mol. The van der Waals surface area contributed by atoms with Crippen LogP contribution >= 0.6 is 0 Å². The third-order valence-electron chi connectivity index (χ3n) is 4.63. The van der Waals surface area contributed by atoms with E-state index in [1.807, 2.05) is 43.5 Å². The van der Waals surface area contributed by atoms with Crippen LogP contribution in [0.3, 0.4) is 0 Å². The number of rotatable bonds is 3. The van der Waals surface area contributed by atoms with Gasteiger partial charge in [0.1, 0.15) is 24.1 Å². The average molecular weight is 343 g/mol. The quantitative estimate of drug-likeness (QED) is 0.570. The molecule has 0 radical (unpaired) electrons. The summed E-state index contributed by atoms with van der Waals surface area (Å²) in [7, 11) is 3.72. The van der Waals surface area contributed by atoms with Gasteiger partial charge in [-0.3, -0.25) is 4.98 Å². The molecule has 128 valence electrons. The Morgan fingerprint density at radius 1 is 1.04 bits per heavy atom. The van der Waals surface area contributed by atoms with E-state index in [2.05, 4.69) is 33.8 Å². The largest absolute Gasteiger partial charge is 0.506 e. The first-order valence-electron chi connectivity index (χ1n) is 8.39. The summed E-state index contributed by atoms with van der Waals surface area (Å²) in [4.78, 5) is 4.27. The number of fused-ring (bicyclic) bond motifs is 2. The molecule has 0 fully saturated rings. The summed E-state index contributed by atoms with van der Waals surface area (Å²) in [5.74, 6) is 1.05. The summed E-state index contributed by atoms with van der Waals surface area (Å²) < 4.78 is 7.44. The van der Waals surface area contributed by atoms with E-state index >= 15 is 0 Å². The molecular weight excluding hydrogens is 324 g/mol. The number of ether oxygens (including phenoxy) is 1. The zero-order valence-corrected chi connectivity index (χ0v) is 14.7. The summed E-state index contributed by atoms with van der Waals surface area (Å²) in [5, 5.41) is 12.0. The molecular formula is C22H19N2O2+. The Hall–Kier alpha value is -3.40. The smallest absolute Gasteiger partial charge is 0.212 e. The molecule has 0 atom stereocenters. The highest BCUT2D eigenvalue weighted by atomic mass is 16.5. The lowest BCUT2D eigenvalue weighted by Crippen LogP contribution is -2.32. The number of aryl methyl sites for hydroxylation is 1. The fourth-order valence-corrected chi connectivity index (χ4v) is 3.19. The second-order valence-corrected chi connectivity index (χ2v) is 6.15. The maximum absolute atomic E-state index is 9.99. The van der Waals surface area contributed by atoms with E-state index in [1.165, 1.54) is 0 Å². The lowest BCUT2D eigenvalue weighted by Gasteiger charge is -2.04. The molecule has 2 aromatic carbocycles. The van der Waals surface area contributed by atoms with E-state index in [0.717, 1.165) is 33.3 Å². The molecule has 0 spiro atoms. The lowest BCUT2D eigenvalue weighted by atomic mass is 10.1. The van der Waals surface area contributed by atoms with E-state index < -0.39 is 0 Å². The number of phenolic OH excluding ortho intramolecular Hbond substituents is 1. The molecule has 4 rings (SSSR count). The third-order valence-corrected chi connectivity index (χ3v) is 4.63. The Balaban J connectivity index is 1.78. The van der Waals surface area contributed by atoms with Gasteiger partial charge < -0.3 is 9.84 Å². The van der Waals surface area contributed by atoms with E-state index in [0.29, 0.717) is 5.52 Å². The maximum atomic E-state index is 9.99. The van der Waals surface area contributed by atoms with Crippen LogP contribution in [0.4, 0.5) is 0 Å². The van der Waals surface area contributed by atoms with Gasteiger partial charge in [-0.05, 0) is 42.0 Å². The molecule has 4 nitrogen and oxygen atoms in total.